The zero-order valence-corrected chi connectivity index (χ0v) is 13.6. The second-order valence-corrected chi connectivity index (χ2v) is 5.98. The van der Waals surface area contributed by atoms with Crippen LogP contribution < -0.4 is 4.90 Å². The molecule has 116 valence electrons. The summed E-state index contributed by atoms with van der Waals surface area (Å²) in [6, 6.07) is 3.62. The van der Waals surface area contributed by atoms with Gasteiger partial charge in [0.15, 0.2) is 5.78 Å². The van der Waals surface area contributed by atoms with Gasteiger partial charge in [0.1, 0.15) is 17.0 Å². The zero-order chi connectivity index (χ0) is 16.2. The molecule has 3 aromatic heterocycles. The first kappa shape index (κ1) is 15.2. The molecule has 0 spiro atoms. The molecule has 0 atom stereocenters. The minimum absolute atomic E-state index is 0.0427. The van der Waals surface area contributed by atoms with Crippen LogP contribution in [0.15, 0.2) is 42.4 Å². The number of anilines is 2. The van der Waals surface area contributed by atoms with E-state index in [-0.39, 0.29) is 12.2 Å². The van der Waals surface area contributed by atoms with Gasteiger partial charge >= 0.3 is 0 Å². The number of ketones is 1. The van der Waals surface area contributed by atoms with Crippen LogP contribution in [0.5, 0.6) is 0 Å². The third kappa shape index (κ3) is 3.57. The molecule has 3 aromatic rings. The Balaban J connectivity index is 1.80. The Kier molecular flexibility index (Phi) is 4.38. The van der Waals surface area contributed by atoms with E-state index >= 15 is 0 Å². The van der Waals surface area contributed by atoms with Crippen molar-refractivity contribution in [3.05, 3.63) is 58.8 Å². The first-order chi connectivity index (χ1) is 11.1. The van der Waals surface area contributed by atoms with Gasteiger partial charge in [0, 0.05) is 30.0 Å². The monoisotopic (exact) mass is 325 g/mol. The van der Waals surface area contributed by atoms with E-state index in [2.05, 4.69) is 19.9 Å². The second kappa shape index (κ2) is 6.62. The molecule has 0 saturated heterocycles. The minimum atomic E-state index is -0.0427. The number of rotatable bonds is 5. The van der Waals surface area contributed by atoms with Gasteiger partial charge in [-0.2, -0.15) is 0 Å². The summed E-state index contributed by atoms with van der Waals surface area (Å²) in [6.45, 7) is 1.92. The van der Waals surface area contributed by atoms with Crippen LogP contribution in [-0.4, -0.2) is 32.8 Å². The van der Waals surface area contributed by atoms with Gasteiger partial charge in [-0.1, -0.05) is 0 Å². The predicted molar refractivity (Wildman–Crippen MR) is 89.2 cm³/mol. The maximum atomic E-state index is 12.4. The molecule has 0 fully saturated rings. The molecule has 7 heteroatoms. The summed E-state index contributed by atoms with van der Waals surface area (Å²) >= 11 is 1.49. The fraction of sp³-hybridized carbons (Fsp3) is 0.188. The summed E-state index contributed by atoms with van der Waals surface area (Å²) in [5, 5.41) is 2.75. The van der Waals surface area contributed by atoms with E-state index in [9.17, 15) is 4.79 Å². The summed E-state index contributed by atoms with van der Waals surface area (Å²) in [7, 11) is 1.90. The Bertz CT molecular complexity index is 818. The Morgan fingerprint density at radius 3 is 2.74 bits per heavy atom. The van der Waals surface area contributed by atoms with E-state index in [1.807, 2.05) is 30.3 Å². The van der Waals surface area contributed by atoms with Crippen molar-refractivity contribution in [2.45, 2.75) is 13.3 Å². The molecule has 0 saturated carbocycles. The highest BCUT2D eigenvalue weighted by Crippen LogP contribution is 2.22. The van der Waals surface area contributed by atoms with E-state index in [4.69, 9.17) is 0 Å². The van der Waals surface area contributed by atoms with Crippen LogP contribution in [0, 0.1) is 6.92 Å². The highest BCUT2D eigenvalue weighted by atomic mass is 32.1. The van der Waals surface area contributed by atoms with Crippen molar-refractivity contribution in [2.24, 2.45) is 0 Å². The van der Waals surface area contributed by atoms with E-state index < -0.39 is 0 Å². The standard InChI is InChI=1S/C16H15N5OS/c1-11-9-23-16(20-11)6-15(22)14-5-12(3-4-19-14)21(2)13-7-17-10-18-8-13/h3-5,7-10H,6H2,1-2H3. The number of Topliss-reactive ketones (excluding diaryl/α,β-unsaturated/α-hetero) is 1. The first-order valence-corrected chi connectivity index (χ1v) is 7.90. The van der Waals surface area contributed by atoms with Crippen LogP contribution >= 0.6 is 11.3 Å². The van der Waals surface area contributed by atoms with Crippen molar-refractivity contribution in [3.8, 4) is 0 Å². The Morgan fingerprint density at radius 1 is 1.26 bits per heavy atom. The van der Waals surface area contributed by atoms with Gasteiger partial charge in [0.05, 0.1) is 24.5 Å². The van der Waals surface area contributed by atoms with Gasteiger partial charge in [0.2, 0.25) is 0 Å². The third-order valence-electron chi connectivity index (χ3n) is 3.33. The summed E-state index contributed by atoms with van der Waals surface area (Å²) in [5.41, 5.74) is 3.06. The van der Waals surface area contributed by atoms with Crippen molar-refractivity contribution in [2.75, 3.05) is 11.9 Å². The van der Waals surface area contributed by atoms with Crippen molar-refractivity contribution in [3.63, 3.8) is 0 Å². The summed E-state index contributed by atoms with van der Waals surface area (Å²) in [4.78, 5) is 30.8. The van der Waals surface area contributed by atoms with Gasteiger partial charge in [-0.3, -0.25) is 9.78 Å². The molecule has 0 unspecified atom stereocenters. The number of nitrogens with zero attached hydrogens (tertiary/aromatic N) is 5. The topological polar surface area (TPSA) is 71.9 Å². The van der Waals surface area contributed by atoms with Crippen LogP contribution in [0.1, 0.15) is 21.2 Å². The molecule has 3 rings (SSSR count). The molecule has 0 aliphatic carbocycles. The lowest BCUT2D eigenvalue weighted by Crippen LogP contribution is -2.12. The molecule has 3 heterocycles. The predicted octanol–water partition coefficient (Wildman–Crippen LogP) is 2.83. The molecular formula is C16H15N5OS. The lowest BCUT2D eigenvalue weighted by atomic mass is 10.2. The molecule has 0 aliphatic rings. The molecule has 0 radical (unpaired) electrons. The fourth-order valence-electron chi connectivity index (χ4n) is 2.11. The smallest absolute Gasteiger partial charge is 0.188 e. The number of hydrogen-bond acceptors (Lipinski definition) is 7. The van der Waals surface area contributed by atoms with E-state index in [1.165, 1.54) is 17.7 Å². The van der Waals surface area contributed by atoms with Gasteiger partial charge in [-0.25, -0.2) is 15.0 Å². The van der Waals surface area contributed by atoms with Crippen molar-refractivity contribution in [1.82, 2.24) is 19.9 Å². The minimum Gasteiger partial charge on any atom is -0.342 e. The molecule has 0 N–H and O–H groups in total. The van der Waals surface area contributed by atoms with Crippen LogP contribution in [0.25, 0.3) is 0 Å². The number of aryl methyl sites for hydroxylation is 1. The number of carbonyl (C=O) groups excluding carboxylic acids is 1. The summed E-state index contributed by atoms with van der Waals surface area (Å²) in [6.07, 6.45) is 6.82. The molecule has 23 heavy (non-hydrogen) atoms. The SMILES string of the molecule is Cc1csc(CC(=O)c2cc(N(C)c3cncnc3)ccn2)n1. The van der Waals surface area contributed by atoms with Gasteiger partial charge in [-0.05, 0) is 19.1 Å². The Labute approximate surface area is 137 Å². The van der Waals surface area contributed by atoms with Gasteiger partial charge in [0.25, 0.3) is 0 Å². The third-order valence-corrected chi connectivity index (χ3v) is 4.30. The van der Waals surface area contributed by atoms with E-state index in [0.717, 1.165) is 22.1 Å². The normalized spacial score (nSPS) is 10.5. The molecule has 0 aliphatic heterocycles. The number of pyridine rings is 1. The maximum absolute atomic E-state index is 12.4. The fourth-order valence-corrected chi connectivity index (χ4v) is 2.88. The number of thiazole rings is 1. The van der Waals surface area contributed by atoms with Gasteiger partial charge < -0.3 is 4.90 Å². The van der Waals surface area contributed by atoms with Crippen LogP contribution in [0.3, 0.4) is 0 Å². The van der Waals surface area contributed by atoms with Crippen LogP contribution in [-0.2, 0) is 6.42 Å². The van der Waals surface area contributed by atoms with Crippen molar-refractivity contribution >= 4 is 28.5 Å². The zero-order valence-electron chi connectivity index (χ0n) is 12.8. The average Bonchev–Trinajstić information content (AvgIpc) is 3.00. The Hall–Kier alpha value is -2.67. The lowest BCUT2D eigenvalue weighted by molar-refractivity contribution is 0.0988. The summed E-state index contributed by atoms with van der Waals surface area (Å²) in [5.74, 6) is -0.0427. The first-order valence-electron chi connectivity index (χ1n) is 7.02. The molecule has 0 aromatic carbocycles. The highest BCUT2D eigenvalue weighted by Gasteiger charge is 2.13. The Morgan fingerprint density at radius 2 is 2.04 bits per heavy atom. The van der Waals surface area contributed by atoms with E-state index in [1.54, 1.807) is 24.7 Å². The molecule has 0 bridgehead atoms. The number of aromatic nitrogens is 4. The number of hydrogen-bond donors (Lipinski definition) is 0. The molecular weight excluding hydrogens is 310 g/mol. The molecule has 6 nitrogen and oxygen atoms in total. The summed E-state index contributed by atoms with van der Waals surface area (Å²) < 4.78 is 0. The lowest BCUT2D eigenvalue weighted by Gasteiger charge is -2.18. The average molecular weight is 325 g/mol. The highest BCUT2D eigenvalue weighted by molar-refractivity contribution is 7.09. The van der Waals surface area contributed by atoms with Crippen LogP contribution in [0.4, 0.5) is 11.4 Å². The van der Waals surface area contributed by atoms with Crippen LogP contribution in [0.2, 0.25) is 0 Å². The van der Waals surface area contributed by atoms with Crippen molar-refractivity contribution < 1.29 is 4.79 Å². The van der Waals surface area contributed by atoms with E-state index in [0.29, 0.717) is 5.69 Å². The van der Waals surface area contributed by atoms with Gasteiger partial charge in [-0.15, -0.1) is 11.3 Å². The number of carbonyl (C=O) groups is 1. The largest absolute Gasteiger partial charge is 0.342 e. The maximum Gasteiger partial charge on any atom is 0.188 e. The molecule has 0 amide bonds. The quantitative estimate of drug-likeness (QED) is 0.672. The second-order valence-electron chi connectivity index (χ2n) is 5.04. The van der Waals surface area contributed by atoms with Crippen molar-refractivity contribution in [1.29, 1.82) is 0 Å².